The normalized spacial score (nSPS) is 24.5. The molecule has 5 heteroatoms. The number of aliphatic hydroxyl groups excluding tert-OH is 1. The van der Waals surface area contributed by atoms with E-state index in [4.69, 9.17) is 0 Å². The monoisotopic (exact) mass is 387 g/mol. The van der Waals surface area contributed by atoms with Crippen LogP contribution in [0.25, 0.3) is 0 Å². The molecule has 2 aliphatic rings. The molecule has 1 N–H and O–H groups in total. The summed E-state index contributed by atoms with van der Waals surface area (Å²) < 4.78 is 0. The van der Waals surface area contributed by atoms with Gasteiger partial charge in [-0.2, -0.15) is 0 Å². The molecule has 0 bridgehead atoms. The van der Waals surface area contributed by atoms with Crippen molar-refractivity contribution in [2.75, 3.05) is 52.9 Å². The number of amides is 1. The predicted molar refractivity (Wildman–Crippen MR) is 114 cm³/mol. The van der Waals surface area contributed by atoms with Crippen molar-refractivity contribution in [1.82, 2.24) is 14.7 Å². The maximum absolute atomic E-state index is 13.1. The summed E-state index contributed by atoms with van der Waals surface area (Å²) in [7, 11) is 2.19. The fourth-order valence-electron chi connectivity index (χ4n) is 4.76. The number of hydrogen-bond donors (Lipinski definition) is 1. The van der Waals surface area contributed by atoms with Crippen LogP contribution in [0.2, 0.25) is 0 Å². The molecule has 2 fully saturated rings. The zero-order valence-electron chi connectivity index (χ0n) is 17.6. The number of piperidine rings is 1. The molecule has 3 rings (SSSR count). The molecule has 1 amide bonds. The molecule has 156 valence electrons. The zero-order chi connectivity index (χ0) is 19.9. The summed E-state index contributed by atoms with van der Waals surface area (Å²) in [6.07, 6.45) is 5.04. The number of carbonyl (C=O) groups is 1. The minimum absolute atomic E-state index is 0.161. The van der Waals surface area contributed by atoms with Crippen molar-refractivity contribution in [2.45, 2.75) is 45.1 Å². The highest BCUT2D eigenvalue weighted by Crippen LogP contribution is 2.28. The lowest BCUT2D eigenvalue weighted by molar-refractivity contribution is 0.0218. The molecule has 28 heavy (non-hydrogen) atoms. The van der Waals surface area contributed by atoms with Gasteiger partial charge in [0, 0.05) is 57.5 Å². The number of hydrogen-bond acceptors (Lipinski definition) is 4. The third-order valence-corrected chi connectivity index (χ3v) is 6.46. The molecule has 0 unspecified atom stereocenters. The van der Waals surface area contributed by atoms with Crippen molar-refractivity contribution in [3.8, 4) is 0 Å². The lowest BCUT2D eigenvalue weighted by Crippen LogP contribution is -2.56. The van der Waals surface area contributed by atoms with E-state index in [1.807, 2.05) is 17.0 Å². The Kier molecular flexibility index (Phi) is 7.89. The Morgan fingerprint density at radius 1 is 1.11 bits per heavy atom. The number of likely N-dealkylation sites (N-methyl/N-ethyl adjacent to an activating group) is 1. The summed E-state index contributed by atoms with van der Waals surface area (Å²) in [5.41, 5.74) is 2.10. The first kappa shape index (κ1) is 21.3. The molecular weight excluding hydrogens is 350 g/mol. The molecule has 2 saturated heterocycles. The Balaban J connectivity index is 1.64. The molecule has 2 heterocycles. The van der Waals surface area contributed by atoms with Crippen molar-refractivity contribution in [3.05, 3.63) is 35.4 Å². The van der Waals surface area contributed by atoms with Gasteiger partial charge in [-0.3, -0.25) is 9.69 Å². The van der Waals surface area contributed by atoms with E-state index in [1.165, 1.54) is 5.56 Å². The van der Waals surface area contributed by atoms with Gasteiger partial charge >= 0.3 is 0 Å². The summed E-state index contributed by atoms with van der Waals surface area (Å²) in [5.74, 6) is 0.612. The van der Waals surface area contributed by atoms with Crippen LogP contribution in [0, 0.1) is 5.92 Å². The zero-order valence-corrected chi connectivity index (χ0v) is 17.6. The fourth-order valence-corrected chi connectivity index (χ4v) is 4.76. The van der Waals surface area contributed by atoms with Crippen molar-refractivity contribution in [1.29, 1.82) is 0 Å². The number of benzene rings is 1. The molecule has 1 aromatic rings. The smallest absolute Gasteiger partial charge is 0.253 e. The number of aryl methyl sites for hydroxylation is 1. The van der Waals surface area contributed by atoms with E-state index in [-0.39, 0.29) is 12.5 Å². The van der Waals surface area contributed by atoms with Crippen molar-refractivity contribution in [2.24, 2.45) is 5.92 Å². The number of aliphatic hydroxyl groups is 1. The molecule has 0 radical (unpaired) electrons. The van der Waals surface area contributed by atoms with Gasteiger partial charge in [-0.05, 0) is 56.3 Å². The van der Waals surface area contributed by atoms with E-state index < -0.39 is 0 Å². The first-order valence-corrected chi connectivity index (χ1v) is 11.0. The fraction of sp³-hybridized carbons (Fsp3) is 0.696. The number of nitrogens with zero attached hydrogens (tertiary/aromatic N) is 3. The second-order valence-corrected chi connectivity index (χ2v) is 8.52. The number of likely N-dealkylation sites (tertiary alicyclic amines) is 1. The van der Waals surface area contributed by atoms with Crippen LogP contribution < -0.4 is 0 Å². The average molecular weight is 388 g/mol. The second-order valence-electron chi connectivity index (χ2n) is 8.52. The summed E-state index contributed by atoms with van der Waals surface area (Å²) >= 11 is 0. The van der Waals surface area contributed by atoms with Gasteiger partial charge in [-0.1, -0.05) is 25.5 Å². The lowest BCUT2D eigenvalue weighted by atomic mass is 9.86. The quantitative estimate of drug-likeness (QED) is 0.781. The summed E-state index contributed by atoms with van der Waals surface area (Å²) in [6, 6.07) is 8.70. The van der Waals surface area contributed by atoms with Gasteiger partial charge in [0.2, 0.25) is 0 Å². The summed E-state index contributed by atoms with van der Waals surface area (Å²) in [5, 5.41) is 9.35. The van der Waals surface area contributed by atoms with Gasteiger partial charge in [-0.25, -0.2) is 0 Å². The maximum atomic E-state index is 13.1. The van der Waals surface area contributed by atoms with Gasteiger partial charge in [0.15, 0.2) is 0 Å². The molecule has 2 aliphatic heterocycles. The first-order chi connectivity index (χ1) is 13.6. The van der Waals surface area contributed by atoms with Crippen molar-refractivity contribution >= 4 is 5.91 Å². The number of carbonyl (C=O) groups excluding carboxylic acids is 1. The third-order valence-electron chi connectivity index (χ3n) is 6.46. The van der Waals surface area contributed by atoms with Crippen LogP contribution in [0.1, 0.15) is 48.5 Å². The van der Waals surface area contributed by atoms with E-state index in [2.05, 4.69) is 35.9 Å². The van der Waals surface area contributed by atoms with Gasteiger partial charge in [0.25, 0.3) is 5.91 Å². The molecular formula is C23H37N3O2. The molecule has 0 aliphatic carbocycles. The molecule has 0 saturated carbocycles. The molecule has 1 aromatic carbocycles. The van der Waals surface area contributed by atoms with Crippen molar-refractivity contribution < 1.29 is 9.90 Å². The molecule has 0 aromatic heterocycles. The highest BCUT2D eigenvalue weighted by molar-refractivity contribution is 5.94. The largest absolute Gasteiger partial charge is 0.396 e. The standard InChI is InChI=1S/C23H37N3O2/c1-3-5-19-7-9-20(10-8-19)23(28)26-12-11-22(21(18-26)6-4-17-27)25-15-13-24(2)14-16-25/h7-10,21-22,27H,3-6,11-18H2,1-2H3/t21-,22+/m1/s1. The minimum Gasteiger partial charge on any atom is -0.396 e. The Morgan fingerprint density at radius 2 is 1.82 bits per heavy atom. The third kappa shape index (κ3) is 5.34. The van der Waals surface area contributed by atoms with E-state index in [0.29, 0.717) is 12.0 Å². The molecule has 5 nitrogen and oxygen atoms in total. The Morgan fingerprint density at radius 3 is 2.46 bits per heavy atom. The van der Waals surface area contributed by atoms with Gasteiger partial charge in [-0.15, -0.1) is 0 Å². The highest BCUT2D eigenvalue weighted by Gasteiger charge is 2.35. The Bertz CT molecular complexity index is 611. The van der Waals surface area contributed by atoms with Gasteiger partial charge in [0.1, 0.15) is 0 Å². The molecule has 0 spiro atoms. The topological polar surface area (TPSA) is 47.0 Å². The van der Waals surface area contributed by atoms with Crippen LogP contribution in [0.3, 0.4) is 0 Å². The Labute approximate surface area is 170 Å². The predicted octanol–water partition coefficient (Wildman–Crippen LogP) is 2.49. The highest BCUT2D eigenvalue weighted by atomic mass is 16.3. The van der Waals surface area contributed by atoms with E-state index in [0.717, 1.165) is 76.9 Å². The maximum Gasteiger partial charge on any atom is 0.253 e. The number of piperazine rings is 1. The SMILES string of the molecule is CCCc1ccc(C(=O)N2CC[C@H](N3CCN(C)CC3)[C@H](CCCO)C2)cc1. The van der Waals surface area contributed by atoms with E-state index in [1.54, 1.807) is 0 Å². The van der Waals surface area contributed by atoms with Gasteiger partial charge in [0.05, 0.1) is 0 Å². The van der Waals surface area contributed by atoms with E-state index in [9.17, 15) is 9.90 Å². The summed E-state index contributed by atoms with van der Waals surface area (Å²) in [4.78, 5) is 20.1. The number of rotatable bonds is 7. The van der Waals surface area contributed by atoms with Crippen LogP contribution >= 0.6 is 0 Å². The lowest BCUT2D eigenvalue weighted by Gasteiger charge is -2.46. The minimum atomic E-state index is 0.161. The van der Waals surface area contributed by atoms with Crippen LogP contribution in [0.5, 0.6) is 0 Å². The van der Waals surface area contributed by atoms with Crippen LogP contribution in [0.4, 0.5) is 0 Å². The first-order valence-electron chi connectivity index (χ1n) is 11.0. The van der Waals surface area contributed by atoms with Crippen LogP contribution in [-0.4, -0.2) is 84.7 Å². The van der Waals surface area contributed by atoms with Crippen LogP contribution in [-0.2, 0) is 6.42 Å². The van der Waals surface area contributed by atoms with Gasteiger partial charge < -0.3 is 14.9 Å². The van der Waals surface area contributed by atoms with Crippen molar-refractivity contribution in [3.63, 3.8) is 0 Å². The Hall–Kier alpha value is -1.43. The van der Waals surface area contributed by atoms with E-state index >= 15 is 0 Å². The second kappa shape index (κ2) is 10.4. The van der Waals surface area contributed by atoms with Crippen LogP contribution in [0.15, 0.2) is 24.3 Å². The summed E-state index contributed by atoms with van der Waals surface area (Å²) in [6.45, 7) is 8.53. The average Bonchev–Trinajstić information content (AvgIpc) is 2.73. The molecule has 2 atom stereocenters.